The van der Waals surface area contributed by atoms with E-state index >= 15 is 0 Å². The molecule has 0 aliphatic carbocycles. The third kappa shape index (κ3) is 9.95. The number of rotatable bonds is 17. The van der Waals surface area contributed by atoms with Crippen LogP contribution in [0.1, 0.15) is 38.3 Å². The Morgan fingerprint density at radius 1 is 0.745 bits per heavy atom. The van der Waals surface area contributed by atoms with Crippen molar-refractivity contribution in [2.24, 2.45) is 5.92 Å². The Hall–Kier alpha value is -5.08. The summed E-state index contributed by atoms with van der Waals surface area (Å²) in [6, 6.07) is 10.5. The lowest BCUT2D eigenvalue weighted by Crippen LogP contribution is -2.60. The Labute approximate surface area is 271 Å². The number of aliphatic carboxylic acids is 1. The third-order valence-corrected chi connectivity index (χ3v) is 7.71. The van der Waals surface area contributed by atoms with E-state index in [1.54, 1.807) is 43.5 Å². The molecule has 1 aromatic heterocycles. The maximum Gasteiger partial charge on any atom is 0.326 e. The molecular formula is C33H41N5O9. The number of ketones is 1. The van der Waals surface area contributed by atoms with Crippen molar-refractivity contribution in [2.75, 3.05) is 6.61 Å². The Bertz CT molecular complexity index is 1570. The van der Waals surface area contributed by atoms with Crippen molar-refractivity contribution < 1.29 is 44.1 Å². The summed E-state index contributed by atoms with van der Waals surface area (Å²) in [5, 5.41) is 40.1. The molecule has 0 aliphatic rings. The van der Waals surface area contributed by atoms with Crippen molar-refractivity contribution in [3.8, 4) is 0 Å². The van der Waals surface area contributed by atoms with Crippen LogP contribution in [0.3, 0.4) is 0 Å². The monoisotopic (exact) mass is 651 g/mol. The molecule has 14 nitrogen and oxygen atoms in total. The fourth-order valence-electron chi connectivity index (χ4n) is 4.89. The number of nitrogens with one attached hydrogen (secondary N) is 5. The van der Waals surface area contributed by atoms with Crippen LogP contribution in [-0.4, -0.2) is 92.6 Å². The van der Waals surface area contributed by atoms with E-state index < -0.39 is 72.4 Å². The summed E-state index contributed by atoms with van der Waals surface area (Å²) in [6.45, 7) is 3.17. The zero-order valence-electron chi connectivity index (χ0n) is 26.4. The number of benzene rings is 2. The largest absolute Gasteiger partial charge is 0.480 e. The second-order valence-corrected chi connectivity index (χ2v) is 11.2. The molecule has 0 bridgehead atoms. The van der Waals surface area contributed by atoms with Gasteiger partial charge in [0, 0.05) is 36.4 Å². The molecule has 0 aliphatic heterocycles. The zero-order valence-corrected chi connectivity index (χ0v) is 26.4. The topological polar surface area (TPSA) is 227 Å². The van der Waals surface area contributed by atoms with Gasteiger partial charge in [0.1, 0.15) is 24.0 Å². The van der Waals surface area contributed by atoms with Crippen molar-refractivity contribution in [3.05, 3.63) is 71.9 Å². The molecule has 0 fully saturated rings. The molecule has 14 heteroatoms. The minimum Gasteiger partial charge on any atom is -0.480 e. The van der Waals surface area contributed by atoms with Crippen molar-refractivity contribution in [2.45, 2.75) is 70.3 Å². The molecule has 0 saturated heterocycles. The molecule has 3 rings (SSSR count). The number of aliphatic hydroxyl groups is 2. The average molecular weight is 652 g/mol. The van der Waals surface area contributed by atoms with E-state index in [4.69, 9.17) is 0 Å². The van der Waals surface area contributed by atoms with Crippen LogP contribution in [0.15, 0.2) is 60.8 Å². The number of H-pyrrole nitrogens is 1. The van der Waals surface area contributed by atoms with Crippen LogP contribution in [0.5, 0.6) is 0 Å². The number of carboxylic acids is 1. The first-order valence-corrected chi connectivity index (χ1v) is 15.2. The van der Waals surface area contributed by atoms with E-state index in [-0.39, 0.29) is 25.0 Å². The standard InChI is InChI=1S/C33H41N5O9/c1-4-27(41)24(15-21-16-34-23-13-9-8-12-22(21)23)35-31(44)26(17-39)37-32(45)28(19(3)40)38-30(43)18(2)29(42)36-25(33(46)47)14-20-10-6-5-7-11-20/h5-13,16,18-19,24-26,28,34,39-40H,4,14-15,17H2,1-3H3,(H,35,44)(H,36,42)(H,37,45)(H,38,43)(H,46,47)/t18?,19-,24+,25+,26+,28+/m1/s1. The fraction of sp³-hybridized carbons (Fsp3) is 0.394. The van der Waals surface area contributed by atoms with Gasteiger partial charge in [-0.25, -0.2) is 4.79 Å². The molecular weight excluding hydrogens is 610 g/mol. The molecule has 252 valence electrons. The maximum atomic E-state index is 13.1. The van der Waals surface area contributed by atoms with E-state index in [0.29, 0.717) is 5.56 Å². The molecule has 1 unspecified atom stereocenters. The summed E-state index contributed by atoms with van der Waals surface area (Å²) >= 11 is 0. The number of aliphatic hydroxyl groups excluding tert-OH is 2. The van der Waals surface area contributed by atoms with Gasteiger partial charge in [0.25, 0.3) is 0 Å². The summed E-state index contributed by atoms with van der Waals surface area (Å²) in [5.41, 5.74) is 2.28. The number of Topliss-reactive ketones (excluding diaryl/α,β-unsaturated/α-hetero) is 1. The Kier molecular flexibility index (Phi) is 13.2. The molecule has 0 spiro atoms. The highest BCUT2D eigenvalue weighted by molar-refractivity contribution is 6.03. The van der Waals surface area contributed by atoms with Gasteiger partial charge < -0.3 is 41.6 Å². The number of carbonyl (C=O) groups is 6. The van der Waals surface area contributed by atoms with Gasteiger partial charge in [0.2, 0.25) is 23.6 Å². The van der Waals surface area contributed by atoms with Crippen LogP contribution in [0.25, 0.3) is 10.9 Å². The summed E-state index contributed by atoms with van der Waals surface area (Å²) in [5.74, 6) is -6.89. The van der Waals surface area contributed by atoms with Crippen LogP contribution in [0, 0.1) is 5.92 Å². The molecule has 6 atom stereocenters. The van der Waals surface area contributed by atoms with Gasteiger partial charge in [-0.05, 0) is 31.0 Å². The predicted octanol–water partition coefficient (Wildman–Crippen LogP) is -0.0348. The summed E-state index contributed by atoms with van der Waals surface area (Å²) in [7, 11) is 0. The van der Waals surface area contributed by atoms with Gasteiger partial charge in [-0.3, -0.25) is 24.0 Å². The number of carboxylic acid groups (broad SMARTS) is 1. The summed E-state index contributed by atoms with van der Waals surface area (Å²) in [6.07, 6.45) is 0.462. The minimum absolute atomic E-state index is 0.0357. The van der Waals surface area contributed by atoms with E-state index in [9.17, 15) is 44.1 Å². The van der Waals surface area contributed by atoms with Crippen LogP contribution in [0.2, 0.25) is 0 Å². The van der Waals surface area contributed by atoms with Crippen molar-refractivity contribution in [1.82, 2.24) is 26.3 Å². The van der Waals surface area contributed by atoms with Crippen LogP contribution >= 0.6 is 0 Å². The maximum absolute atomic E-state index is 13.1. The molecule has 1 heterocycles. The molecule has 0 radical (unpaired) electrons. The Balaban J connectivity index is 1.64. The number of aromatic nitrogens is 1. The number of aromatic amines is 1. The highest BCUT2D eigenvalue weighted by Crippen LogP contribution is 2.19. The summed E-state index contributed by atoms with van der Waals surface area (Å²) in [4.78, 5) is 79.6. The van der Waals surface area contributed by atoms with E-state index in [2.05, 4.69) is 26.3 Å². The van der Waals surface area contributed by atoms with Gasteiger partial charge in [0.05, 0.1) is 18.8 Å². The number of fused-ring (bicyclic) bond motifs is 1. The number of amides is 4. The van der Waals surface area contributed by atoms with E-state index in [0.717, 1.165) is 16.5 Å². The second kappa shape index (κ2) is 17.0. The SMILES string of the molecule is CCC(=O)[C@H](Cc1c[nH]c2ccccc12)NC(=O)[C@H](CO)NC(=O)[C@@H](NC(=O)C(C)C(=O)N[C@@H](Cc1ccccc1)C(=O)O)[C@@H](C)O. The van der Waals surface area contributed by atoms with Crippen LogP contribution in [-0.2, 0) is 41.6 Å². The van der Waals surface area contributed by atoms with Gasteiger partial charge in [-0.15, -0.1) is 0 Å². The van der Waals surface area contributed by atoms with Crippen molar-refractivity contribution in [3.63, 3.8) is 0 Å². The average Bonchev–Trinajstić information content (AvgIpc) is 3.47. The van der Waals surface area contributed by atoms with E-state index in [1.165, 1.54) is 13.8 Å². The van der Waals surface area contributed by atoms with Gasteiger partial charge in [-0.2, -0.15) is 0 Å². The van der Waals surface area contributed by atoms with Crippen molar-refractivity contribution in [1.29, 1.82) is 0 Å². The molecule has 4 amide bonds. The van der Waals surface area contributed by atoms with Crippen molar-refractivity contribution >= 4 is 46.3 Å². The molecule has 47 heavy (non-hydrogen) atoms. The lowest BCUT2D eigenvalue weighted by Gasteiger charge is -2.26. The molecule has 3 aromatic rings. The van der Waals surface area contributed by atoms with Crippen LogP contribution < -0.4 is 21.3 Å². The Morgan fingerprint density at radius 2 is 1.34 bits per heavy atom. The normalized spacial score (nSPS) is 14.9. The molecule has 0 saturated carbocycles. The smallest absolute Gasteiger partial charge is 0.326 e. The van der Waals surface area contributed by atoms with E-state index in [1.807, 2.05) is 24.3 Å². The zero-order chi connectivity index (χ0) is 34.7. The van der Waals surface area contributed by atoms with Gasteiger partial charge in [-0.1, -0.05) is 55.5 Å². The first-order valence-electron chi connectivity index (χ1n) is 15.2. The number of hydrogen-bond donors (Lipinski definition) is 8. The predicted molar refractivity (Wildman–Crippen MR) is 171 cm³/mol. The number of hydrogen-bond acceptors (Lipinski definition) is 8. The fourth-order valence-corrected chi connectivity index (χ4v) is 4.89. The molecule has 2 aromatic carbocycles. The number of carbonyl (C=O) groups excluding carboxylic acids is 5. The van der Waals surface area contributed by atoms with Gasteiger partial charge >= 0.3 is 5.97 Å². The lowest BCUT2D eigenvalue weighted by atomic mass is 10.00. The first kappa shape index (κ1) is 36.4. The van der Waals surface area contributed by atoms with Crippen LogP contribution in [0.4, 0.5) is 0 Å². The van der Waals surface area contributed by atoms with Gasteiger partial charge in [0.15, 0.2) is 5.78 Å². The highest BCUT2D eigenvalue weighted by Gasteiger charge is 2.34. The quantitative estimate of drug-likeness (QED) is 0.0916. The molecule has 8 N–H and O–H groups in total. The lowest BCUT2D eigenvalue weighted by molar-refractivity contribution is -0.144. The second-order valence-electron chi connectivity index (χ2n) is 11.2. The summed E-state index contributed by atoms with van der Waals surface area (Å²) < 4.78 is 0. The number of para-hydroxylation sites is 1. The third-order valence-electron chi connectivity index (χ3n) is 7.71. The minimum atomic E-state index is -1.65. The first-order chi connectivity index (χ1) is 22.4. The Morgan fingerprint density at radius 3 is 1.96 bits per heavy atom. The highest BCUT2D eigenvalue weighted by atomic mass is 16.4.